The summed E-state index contributed by atoms with van der Waals surface area (Å²) in [7, 11) is 1.97. The number of hydrogen-bond acceptors (Lipinski definition) is 2. The smallest absolute Gasteiger partial charge is 0.0522 e. The Kier molecular flexibility index (Phi) is 3.09. The van der Waals surface area contributed by atoms with E-state index < -0.39 is 0 Å². The Morgan fingerprint density at radius 1 is 1.46 bits per heavy atom. The number of aromatic amines is 1. The Morgan fingerprint density at radius 2 is 2.15 bits per heavy atom. The van der Waals surface area contributed by atoms with E-state index >= 15 is 0 Å². The van der Waals surface area contributed by atoms with Crippen molar-refractivity contribution in [1.82, 2.24) is 15.5 Å². The Hall–Kier alpha value is -0.830. The summed E-state index contributed by atoms with van der Waals surface area (Å²) >= 11 is 0. The second-order valence-electron chi connectivity index (χ2n) is 4.37. The van der Waals surface area contributed by atoms with E-state index in [9.17, 15) is 0 Å². The van der Waals surface area contributed by atoms with Crippen molar-refractivity contribution in [3.8, 4) is 0 Å². The van der Waals surface area contributed by atoms with Crippen molar-refractivity contribution in [2.75, 3.05) is 13.6 Å². The molecule has 0 aliphatic rings. The Morgan fingerprint density at radius 3 is 2.69 bits per heavy atom. The van der Waals surface area contributed by atoms with E-state index in [2.05, 4.69) is 36.3 Å². The molecule has 0 saturated carbocycles. The molecule has 0 amide bonds. The molecule has 0 saturated heterocycles. The number of likely N-dealkylation sites (N-methyl/N-ethyl adjacent to an activating group) is 1. The monoisotopic (exact) mass is 181 g/mol. The number of aromatic nitrogens is 2. The molecule has 13 heavy (non-hydrogen) atoms. The molecule has 1 heterocycles. The van der Waals surface area contributed by atoms with Crippen molar-refractivity contribution in [2.24, 2.45) is 0 Å². The summed E-state index contributed by atoms with van der Waals surface area (Å²) in [5.74, 6) is 0. The van der Waals surface area contributed by atoms with Gasteiger partial charge in [-0.2, -0.15) is 5.10 Å². The number of nitrogens with one attached hydrogen (secondary N) is 2. The first-order valence-electron chi connectivity index (χ1n) is 4.73. The van der Waals surface area contributed by atoms with Crippen LogP contribution in [0.1, 0.15) is 32.0 Å². The molecule has 0 aliphatic carbocycles. The zero-order valence-electron chi connectivity index (χ0n) is 8.94. The molecule has 0 aromatic carbocycles. The van der Waals surface area contributed by atoms with E-state index in [4.69, 9.17) is 0 Å². The van der Waals surface area contributed by atoms with Crippen LogP contribution in [0.5, 0.6) is 0 Å². The minimum atomic E-state index is 0.166. The number of rotatable bonds is 3. The average Bonchev–Trinajstić information content (AvgIpc) is 2.47. The number of H-pyrrole nitrogens is 1. The van der Waals surface area contributed by atoms with E-state index in [0.717, 1.165) is 13.0 Å². The van der Waals surface area contributed by atoms with Crippen LogP contribution in [0.2, 0.25) is 0 Å². The fraction of sp³-hybridized carbons (Fsp3) is 0.700. The van der Waals surface area contributed by atoms with Gasteiger partial charge in [-0.3, -0.25) is 5.10 Å². The van der Waals surface area contributed by atoms with Crippen molar-refractivity contribution < 1.29 is 0 Å². The summed E-state index contributed by atoms with van der Waals surface area (Å²) in [6.07, 6.45) is 2.97. The highest BCUT2D eigenvalue weighted by Crippen LogP contribution is 2.23. The summed E-state index contributed by atoms with van der Waals surface area (Å²) in [6, 6.07) is 0. The minimum absolute atomic E-state index is 0.166. The molecule has 3 heteroatoms. The SMILES string of the molecule is CNCCc1cn[nH]c1C(C)(C)C. The summed E-state index contributed by atoms with van der Waals surface area (Å²) in [5, 5.41) is 10.3. The largest absolute Gasteiger partial charge is 0.319 e. The lowest BCUT2D eigenvalue weighted by molar-refractivity contribution is 0.559. The molecule has 74 valence electrons. The van der Waals surface area contributed by atoms with E-state index in [0.29, 0.717) is 0 Å². The molecular weight excluding hydrogens is 162 g/mol. The highest BCUT2D eigenvalue weighted by molar-refractivity contribution is 5.23. The molecule has 0 aliphatic heterocycles. The highest BCUT2D eigenvalue weighted by Gasteiger charge is 2.19. The van der Waals surface area contributed by atoms with Crippen molar-refractivity contribution in [1.29, 1.82) is 0 Å². The fourth-order valence-electron chi connectivity index (χ4n) is 1.41. The summed E-state index contributed by atoms with van der Waals surface area (Å²) in [5.41, 5.74) is 2.74. The van der Waals surface area contributed by atoms with E-state index in [-0.39, 0.29) is 5.41 Å². The predicted molar refractivity (Wildman–Crippen MR) is 54.9 cm³/mol. The first-order valence-corrected chi connectivity index (χ1v) is 4.73. The van der Waals surface area contributed by atoms with Gasteiger partial charge >= 0.3 is 0 Å². The summed E-state index contributed by atoms with van der Waals surface area (Å²) < 4.78 is 0. The van der Waals surface area contributed by atoms with Crippen LogP contribution in [0.15, 0.2) is 6.20 Å². The van der Waals surface area contributed by atoms with Gasteiger partial charge in [0, 0.05) is 11.1 Å². The zero-order valence-corrected chi connectivity index (χ0v) is 8.94. The van der Waals surface area contributed by atoms with Gasteiger partial charge in [-0.05, 0) is 25.6 Å². The standard InChI is InChI=1S/C10H19N3/c1-10(2,3)9-8(5-6-11-4)7-12-13-9/h7,11H,5-6H2,1-4H3,(H,12,13). The maximum Gasteiger partial charge on any atom is 0.0522 e. The lowest BCUT2D eigenvalue weighted by atomic mass is 9.89. The molecule has 0 spiro atoms. The van der Waals surface area contributed by atoms with Gasteiger partial charge in [-0.1, -0.05) is 20.8 Å². The molecule has 0 unspecified atom stereocenters. The van der Waals surface area contributed by atoms with Crippen molar-refractivity contribution >= 4 is 0 Å². The Balaban J connectivity index is 2.77. The lowest BCUT2D eigenvalue weighted by Crippen LogP contribution is -2.17. The zero-order chi connectivity index (χ0) is 9.90. The maximum absolute atomic E-state index is 4.09. The third-order valence-electron chi connectivity index (χ3n) is 2.11. The fourth-order valence-corrected chi connectivity index (χ4v) is 1.41. The van der Waals surface area contributed by atoms with E-state index in [1.165, 1.54) is 11.3 Å². The first-order chi connectivity index (χ1) is 6.05. The van der Waals surface area contributed by atoms with Gasteiger partial charge in [0.05, 0.1) is 6.20 Å². The average molecular weight is 181 g/mol. The number of nitrogens with zero attached hydrogens (tertiary/aromatic N) is 1. The third kappa shape index (κ3) is 2.56. The Labute approximate surface area is 79.9 Å². The van der Waals surface area contributed by atoms with Gasteiger partial charge in [-0.15, -0.1) is 0 Å². The Bertz CT molecular complexity index is 257. The second-order valence-corrected chi connectivity index (χ2v) is 4.37. The molecule has 3 nitrogen and oxygen atoms in total. The molecule has 1 rings (SSSR count). The van der Waals surface area contributed by atoms with E-state index in [1.807, 2.05) is 13.2 Å². The summed E-state index contributed by atoms with van der Waals surface area (Å²) in [4.78, 5) is 0. The first kappa shape index (κ1) is 10.3. The molecule has 1 aromatic heterocycles. The van der Waals surface area contributed by atoms with Crippen LogP contribution in [0.4, 0.5) is 0 Å². The van der Waals surface area contributed by atoms with Crippen molar-refractivity contribution in [2.45, 2.75) is 32.6 Å². The molecule has 1 aromatic rings. The van der Waals surface area contributed by atoms with Crippen molar-refractivity contribution in [3.63, 3.8) is 0 Å². The van der Waals surface area contributed by atoms with Gasteiger partial charge in [0.1, 0.15) is 0 Å². The topological polar surface area (TPSA) is 40.7 Å². The second kappa shape index (κ2) is 3.92. The van der Waals surface area contributed by atoms with Gasteiger partial charge in [-0.25, -0.2) is 0 Å². The van der Waals surface area contributed by atoms with Gasteiger partial charge < -0.3 is 5.32 Å². The van der Waals surface area contributed by atoms with Crippen LogP contribution in [0, 0.1) is 0 Å². The molecular formula is C10H19N3. The van der Waals surface area contributed by atoms with Crippen LogP contribution in [-0.4, -0.2) is 23.8 Å². The third-order valence-corrected chi connectivity index (χ3v) is 2.11. The van der Waals surface area contributed by atoms with Crippen LogP contribution in [0.3, 0.4) is 0 Å². The lowest BCUT2D eigenvalue weighted by Gasteiger charge is -2.18. The molecule has 2 N–H and O–H groups in total. The van der Waals surface area contributed by atoms with E-state index in [1.54, 1.807) is 0 Å². The molecule has 0 radical (unpaired) electrons. The predicted octanol–water partition coefficient (Wildman–Crippen LogP) is 1.47. The normalized spacial score (nSPS) is 12.0. The van der Waals surface area contributed by atoms with Crippen LogP contribution >= 0.6 is 0 Å². The molecule has 0 bridgehead atoms. The van der Waals surface area contributed by atoms with Crippen molar-refractivity contribution in [3.05, 3.63) is 17.5 Å². The maximum atomic E-state index is 4.09. The van der Waals surface area contributed by atoms with Gasteiger partial charge in [0.2, 0.25) is 0 Å². The molecule has 0 fully saturated rings. The van der Waals surface area contributed by atoms with Crippen LogP contribution in [0.25, 0.3) is 0 Å². The summed E-state index contributed by atoms with van der Waals surface area (Å²) in [6.45, 7) is 7.60. The van der Waals surface area contributed by atoms with Gasteiger partial charge in [0.25, 0.3) is 0 Å². The minimum Gasteiger partial charge on any atom is -0.319 e. The quantitative estimate of drug-likeness (QED) is 0.741. The number of hydrogen-bond donors (Lipinski definition) is 2. The van der Waals surface area contributed by atoms with Crippen LogP contribution < -0.4 is 5.32 Å². The highest BCUT2D eigenvalue weighted by atomic mass is 15.1. The van der Waals surface area contributed by atoms with Gasteiger partial charge in [0.15, 0.2) is 0 Å². The molecule has 0 atom stereocenters. The van der Waals surface area contributed by atoms with Crippen LogP contribution in [-0.2, 0) is 11.8 Å².